The standard InChI is InChI=1S/C12H19BrN2O2S/c1-2-12(10-4-6-11(13)7-5-10)15-8-3-9-18(14,16)17/h4-7,12,15H,2-3,8-9H2,1H3,(H2,14,16,17). The second kappa shape index (κ2) is 7.23. The van der Waals surface area contributed by atoms with Crippen molar-refractivity contribution in [3.05, 3.63) is 34.3 Å². The van der Waals surface area contributed by atoms with Gasteiger partial charge in [-0.25, -0.2) is 13.6 Å². The van der Waals surface area contributed by atoms with Gasteiger partial charge in [-0.15, -0.1) is 0 Å². The quantitative estimate of drug-likeness (QED) is 0.750. The lowest BCUT2D eigenvalue weighted by molar-refractivity contribution is 0.516. The van der Waals surface area contributed by atoms with Crippen LogP contribution in [0.25, 0.3) is 0 Å². The molecule has 0 bridgehead atoms. The molecule has 102 valence electrons. The first-order valence-corrected chi connectivity index (χ1v) is 8.42. The second-order valence-corrected chi connectivity index (χ2v) is 6.84. The van der Waals surface area contributed by atoms with E-state index in [0.29, 0.717) is 13.0 Å². The van der Waals surface area contributed by atoms with Crippen molar-refractivity contribution in [2.75, 3.05) is 12.3 Å². The van der Waals surface area contributed by atoms with Crippen LogP contribution in [-0.2, 0) is 10.0 Å². The van der Waals surface area contributed by atoms with Crippen molar-refractivity contribution in [2.24, 2.45) is 5.14 Å². The summed E-state index contributed by atoms with van der Waals surface area (Å²) in [5, 5.41) is 8.29. The maximum absolute atomic E-state index is 10.8. The van der Waals surface area contributed by atoms with Gasteiger partial charge in [0.1, 0.15) is 0 Å². The Morgan fingerprint density at radius 1 is 1.33 bits per heavy atom. The molecule has 1 unspecified atom stereocenters. The minimum absolute atomic E-state index is 0.0246. The molecule has 3 N–H and O–H groups in total. The summed E-state index contributed by atoms with van der Waals surface area (Å²) >= 11 is 3.40. The van der Waals surface area contributed by atoms with E-state index in [2.05, 4.69) is 40.3 Å². The van der Waals surface area contributed by atoms with Crippen LogP contribution in [0.1, 0.15) is 31.4 Å². The minimum atomic E-state index is -3.35. The summed E-state index contributed by atoms with van der Waals surface area (Å²) in [5.41, 5.74) is 1.20. The van der Waals surface area contributed by atoms with Crippen molar-refractivity contribution in [3.8, 4) is 0 Å². The zero-order valence-corrected chi connectivity index (χ0v) is 12.8. The molecule has 18 heavy (non-hydrogen) atoms. The summed E-state index contributed by atoms with van der Waals surface area (Å²) in [7, 11) is -3.35. The van der Waals surface area contributed by atoms with Crippen LogP contribution < -0.4 is 10.5 Å². The van der Waals surface area contributed by atoms with Gasteiger partial charge in [0.05, 0.1) is 5.75 Å². The van der Waals surface area contributed by atoms with E-state index in [1.807, 2.05) is 12.1 Å². The van der Waals surface area contributed by atoms with E-state index in [4.69, 9.17) is 5.14 Å². The third-order valence-electron chi connectivity index (χ3n) is 2.68. The van der Waals surface area contributed by atoms with Crippen molar-refractivity contribution < 1.29 is 8.42 Å². The number of benzene rings is 1. The third kappa shape index (κ3) is 5.95. The summed E-state index contributed by atoms with van der Waals surface area (Å²) in [6.45, 7) is 2.74. The average Bonchev–Trinajstić information content (AvgIpc) is 2.29. The van der Waals surface area contributed by atoms with Gasteiger partial charge in [0, 0.05) is 10.5 Å². The van der Waals surface area contributed by atoms with Crippen molar-refractivity contribution in [2.45, 2.75) is 25.8 Å². The van der Waals surface area contributed by atoms with Gasteiger partial charge in [0.25, 0.3) is 0 Å². The molecule has 1 aromatic rings. The molecule has 0 spiro atoms. The summed E-state index contributed by atoms with van der Waals surface area (Å²) in [4.78, 5) is 0. The van der Waals surface area contributed by atoms with Crippen molar-refractivity contribution in [1.82, 2.24) is 5.32 Å². The maximum atomic E-state index is 10.8. The smallest absolute Gasteiger partial charge is 0.209 e. The van der Waals surface area contributed by atoms with Gasteiger partial charge in [0.2, 0.25) is 10.0 Å². The van der Waals surface area contributed by atoms with Crippen LogP contribution >= 0.6 is 15.9 Å². The highest BCUT2D eigenvalue weighted by Crippen LogP contribution is 2.19. The van der Waals surface area contributed by atoms with Crippen LogP contribution in [-0.4, -0.2) is 20.7 Å². The molecule has 0 saturated heterocycles. The Balaban J connectivity index is 2.45. The lowest BCUT2D eigenvalue weighted by atomic mass is 10.0. The van der Waals surface area contributed by atoms with Crippen LogP contribution in [0.15, 0.2) is 28.7 Å². The SMILES string of the molecule is CCC(NCCCS(N)(=O)=O)c1ccc(Br)cc1. The van der Waals surface area contributed by atoms with Crippen LogP contribution in [0.3, 0.4) is 0 Å². The molecule has 1 rings (SSSR count). The van der Waals surface area contributed by atoms with Crippen molar-refractivity contribution in [1.29, 1.82) is 0 Å². The topological polar surface area (TPSA) is 72.2 Å². The molecule has 0 heterocycles. The Kier molecular flexibility index (Phi) is 6.28. The summed E-state index contributed by atoms with van der Waals surface area (Å²) < 4.78 is 22.6. The Hall–Kier alpha value is -0.430. The number of halogens is 1. The van der Waals surface area contributed by atoms with E-state index in [-0.39, 0.29) is 11.8 Å². The first kappa shape index (κ1) is 15.6. The Morgan fingerprint density at radius 2 is 1.94 bits per heavy atom. The normalized spacial score (nSPS) is 13.5. The lowest BCUT2D eigenvalue weighted by Gasteiger charge is -2.17. The number of rotatable bonds is 7. The monoisotopic (exact) mass is 334 g/mol. The molecule has 0 saturated carbocycles. The number of hydrogen-bond donors (Lipinski definition) is 2. The fraction of sp³-hybridized carbons (Fsp3) is 0.500. The Labute approximate surface area is 117 Å². The minimum Gasteiger partial charge on any atom is -0.310 e. The molecule has 0 aliphatic rings. The summed E-state index contributed by atoms with van der Waals surface area (Å²) in [5.74, 6) is 0.0246. The molecular weight excluding hydrogens is 316 g/mol. The predicted octanol–water partition coefficient (Wildman–Crippen LogP) is 2.17. The highest BCUT2D eigenvalue weighted by molar-refractivity contribution is 9.10. The van der Waals surface area contributed by atoms with Crippen LogP contribution in [0.5, 0.6) is 0 Å². The van der Waals surface area contributed by atoms with E-state index in [0.717, 1.165) is 10.9 Å². The molecule has 0 aliphatic carbocycles. The first-order chi connectivity index (χ1) is 8.42. The van der Waals surface area contributed by atoms with Crippen LogP contribution in [0.2, 0.25) is 0 Å². The molecule has 4 nitrogen and oxygen atoms in total. The largest absolute Gasteiger partial charge is 0.310 e. The van der Waals surface area contributed by atoms with E-state index in [1.54, 1.807) is 0 Å². The molecule has 0 fully saturated rings. The van der Waals surface area contributed by atoms with Crippen LogP contribution in [0.4, 0.5) is 0 Å². The molecule has 0 radical (unpaired) electrons. The number of hydrogen-bond acceptors (Lipinski definition) is 3. The van der Waals surface area contributed by atoms with Gasteiger partial charge >= 0.3 is 0 Å². The molecule has 0 aromatic heterocycles. The van der Waals surface area contributed by atoms with Gasteiger partial charge in [-0.3, -0.25) is 0 Å². The van der Waals surface area contributed by atoms with E-state index in [1.165, 1.54) is 5.56 Å². The fourth-order valence-corrected chi connectivity index (χ4v) is 2.55. The van der Waals surface area contributed by atoms with Gasteiger partial charge in [-0.1, -0.05) is 35.0 Å². The van der Waals surface area contributed by atoms with Gasteiger partial charge in [-0.2, -0.15) is 0 Å². The Bertz CT molecular complexity index is 459. The van der Waals surface area contributed by atoms with Crippen LogP contribution in [0, 0.1) is 0 Å². The highest BCUT2D eigenvalue weighted by Gasteiger charge is 2.09. The number of nitrogens with two attached hydrogens (primary N) is 1. The zero-order chi connectivity index (χ0) is 13.6. The maximum Gasteiger partial charge on any atom is 0.209 e. The third-order valence-corrected chi connectivity index (χ3v) is 4.06. The Morgan fingerprint density at radius 3 is 2.44 bits per heavy atom. The molecule has 1 atom stereocenters. The average molecular weight is 335 g/mol. The zero-order valence-electron chi connectivity index (χ0n) is 10.4. The van der Waals surface area contributed by atoms with Gasteiger partial charge < -0.3 is 5.32 Å². The fourth-order valence-electron chi connectivity index (χ4n) is 1.74. The molecule has 0 amide bonds. The predicted molar refractivity (Wildman–Crippen MR) is 77.8 cm³/mol. The van der Waals surface area contributed by atoms with E-state index in [9.17, 15) is 8.42 Å². The number of nitrogens with one attached hydrogen (secondary N) is 1. The molecule has 0 aliphatic heterocycles. The second-order valence-electron chi connectivity index (χ2n) is 4.19. The lowest BCUT2D eigenvalue weighted by Crippen LogP contribution is -2.25. The summed E-state index contributed by atoms with van der Waals surface area (Å²) in [6.07, 6.45) is 1.49. The molecule has 1 aromatic carbocycles. The van der Waals surface area contributed by atoms with Crippen molar-refractivity contribution >= 4 is 26.0 Å². The number of primary sulfonamides is 1. The first-order valence-electron chi connectivity index (χ1n) is 5.91. The molecular formula is C12H19BrN2O2S. The van der Waals surface area contributed by atoms with E-state index >= 15 is 0 Å². The van der Waals surface area contributed by atoms with Crippen molar-refractivity contribution in [3.63, 3.8) is 0 Å². The van der Waals surface area contributed by atoms with E-state index < -0.39 is 10.0 Å². The van der Waals surface area contributed by atoms with Gasteiger partial charge in [-0.05, 0) is 37.1 Å². The van der Waals surface area contributed by atoms with Gasteiger partial charge in [0.15, 0.2) is 0 Å². The molecule has 6 heteroatoms. The summed E-state index contributed by atoms with van der Waals surface area (Å²) in [6, 6.07) is 8.38. The highest BCUT2D eigenvalue weighted by atomic mass is 79.9. The number of sulfonamides is 1.